The molecule has 0 saturated heterocycles. The molecule has 0 bridgehead atoms. The average Bonchev–Trinajstić information content (AvgIpc) is 3.33. The third-order valence-corrected chi connectivity index (χ3v) is 6.05. The summed E-state index contributed by atoms with van der Waals surface area (Å²) in [5.74, 6) is -1.39. The summed E-state index contributed by atoms with van der Waals surface area (Å²) in [5.41, 5.74) is 1.20. The molecule has 31 heavy (non-hydrogen) atoms. The first-order valence-electron chi connectivity index (χ1n) is 10.1. The smallest absolute Gasteiger partial charge is 0.335 e. The van der Waals surface area contributed by atoms with Gasteiger partial charge in [0.05, 0.1) is 5.57 Å². The van der Waals surface area contributed by atoms with E-state index < -0.39 is 23.3 Å². The van der Waals surface area contributed by atoms with E-state index >= 15 is 0 Å². The molecule has 0 fully saturated rings. The first-order chi connectivity index (χ1) is 15.1. The number of ether oxygens (including phenoxy) is 2. The number of hydrogen-bond acceptors (Lipinski definition) is 4. The highest BCUT2D eigenvalue weighted by Gasteiger charge is 2.61. The van der Waals surface area contributed by atoms with Crippen molar-refractivity contribution in [3.05, 3.63) is 113 Å². The zero-order chi connectivity index (χ0) is 21.4. The van der Waals surface area contributed by atoms with Crippen molar-refractivity contribution in [1.82, 2.24) is 0 Å². The van der Waals surface area contributed by atoms with Crippen LogP contribution in [0.25, 0.3) is 0 Å². The standard InChI is InChI=1S/C26H19FO4/c27-19-12-10-18(11-13-19)20-14-15-22(24(28)30-16-17-6-2-1-3-7-17)26(20)21-8-4-5-9-23(21)31-25(26)29/h1-13,15,20H,14,16H2. The van der Waals surface area contributed by atoms with Gasteiger partial charge in [-0.15, -0.1) is 0 Å². The number of esters is 2. The molecule has 5 rings (SSSR count). The van der Waals surface area contributed by atoms with Crippen LogP contribution in [0.5, 0.6) is 5.75 Å². The van der Waals surface area contributed by atoms with Gasteiger partial charge in [-0.2, -0.15) is 0 Å². The van der Waals surface area contributed by atoms with Crippen molar-refractivity contribution >= 4 is 11.9 Å². The molecule has 0 aromatic heterocycles. The van der Waals surface area contributed by atoms with Crippen molar-refractivity contribution in [2.45, 2.75) is 24.4 Å². The number of hydrogen-bond donors (Lipinski definition) is 0. The van der Waals surface area contributed by atoms with E-state index in [1.54, 1.807) is 36.4 Å². The fraction of sp³-hybridized carbons (Fsp3) is 0.154. The van der Waals surface area contributed by atoms with Crippen molar-refractivity contribution < 1.29 is 23.5 Å². The molecule has 4 nitrogen and oxygen atoms in total. The summed E-state index contributed by atoms with van der Waals surface area (Å²) in [4.78, 5) is 26.6. The van der Waals surface area contributed by atoms with E-state index in [0.29, 0.717) is 17.7 Å². The van der Waals surface area contributed by atoms with Gasteiger partial charge in [0.25, 0.3) is 0 Å². The number of fused-ring (bicyclic) bond motifs is 2. The maximum Gasteiger partial charge on any atom is 0.335 e. The van der Waals surface area contributed by atoms with E-state index in [-0.39, 0.29) is 18.0 Å². The lowest BCUT2D eigenvalue weighted by molar-refractivity contribution is -0.145. The van der Waals surface area contributed by atoms with Gasteiger partial charge in [-0.25, -0.2) is 9.18 Å². The molecule has 0 radical (unpaired) electrons. The van der Waals surface area contributed by atoms with Crippen LogP contribution >= 0.6 is 0 Å². The summed E-state index contributed by atoms with van der Waals surface area (Å²) in [6.45, 7) is 0.102. The van der Waals surface area contributed by atoms with E-state index in [0.717, 1.165) is 11.1 Å². The molecule has 0 saturated carbocycles. The third kappa shape index (κ3) is 3.05. The molecule has 2 aliphatic rings. The van der Waals surface area contributed by atoms with Gasteiger partial charge in [-0.1, -0.05) is 66.7 Å². The SMILES string of the molecule is O=C(OCc1ccccc1)C1=CCC(c2ccc(F)cc2)C12C(=O)Oc1ccccc12. The van der Waals surface area contributed by atoms with Gasteiger partial charge >= 0.3 is 11.9 Å². The van der Waals surface area contributed by atoms with Crippen LogP contribution in [-0.4, -0.2) is 11.9 Å². The van der Waals surface area contributed by atoms with Crippen LogP contribution in [-0.2, 0) is 26.3 Å². The van der Waals surface area contributed by atoms with E-state index in [4.69, 9.17) is 9.47 Å². The Morgan fingerprint density at radius 3 is 2.48 bits per heavy atom. The predicted molar refractivity (Wildman–Crippen MR) is 112 cm³/mol. The van der Waals surface area contributed by atoms with E-state index in [1.807, 2.05) is 36.4 Å². The molecule has 1 aliphatic carbocycles. The quantitative estimate of drug-likeness (QED) is 0.453. The molecule has 2 unspecified atom stereocenters. The second kappa shape index (κ2) is 7.51. The largest absolute Gasteiger partial charge is 0.457 e. The van der Waals surface area contributed by atoms with Gasteiger partial charge in [0.1, 0.15) is 23.6 Å². The van der Waals surface area contributed by atoms with Gasteiger partial charge in [-0.05, 0) is 35.7 Å². The molecule has 3 aromatic carbocycles. The lowest BCUT2D eigenvalue weighted by Crippen LogP contribution is -2.41. The van der Waals surface area contributed by atoms with Gasteiger partial charge in [0.15, 0.2) is 0 Å². The molecule has 0 N–H and O–H groups in total. The Balaban J connectivity index is 1.56. The van der Waals surface area contributed by atoms with Gasteiger partial charge in [0, 0.05) is 11.5 Å². The number of halogens is 1. The molecular formula is C26H19FO4. The Morgan fingerprint density at radius 2 is 1.71 bits per heavy atom. The van der Waals surface area contributed by atoms with E-state index in [2.05, 4.69) is 0 Å². The van der Waals surface area contributed by atoms with E-state index in [9.17, 15) is 14.0 Å². The molecule has 2 atom stereocenters. The van der Waals surface area contributed by atoms with Crippen molar-refractivity contribution in [3.63, 3.8) is 0 Å². The summed E-state index contributed by atoms with van der Waals surface area (Å²) >= 11 is 0. The first-order valence-corrected chi connectivity index (χ1v) is 10.1. The number of allylic oxidation sites excluding steroid dienone is 1. The fourth-order valence-electron chi connectivity index (χ4n) is 4.64. The summed E-state index contributed by atoms with van der Waals surface area (Å²) < 4.78 is 24.7. The fourth-order valence-corrected chi connectivity index (χ4v) is 4.64. The highest BCUT2D eigenvalue weighted by Crippen LogP contribution is 2.57. The van der Waals surface area contributed by atoms with Crippen LogP contribution in [0.3, 0.4) is 0 Å². The third-order valence-electron chi connectivity index (χ3n) is 6.05. The summed E-state index contributed by atoms with van der Waals surface area (Å²) in [7, 11) is 0. The second-order valence-corrected chi connectivity index (χ2v) is 7.71. The Hall–Kier alpha value is -3.73. The summed E-state index contributed by atoms with van der Waals surface area (Å²) in [6, 6.07) is 22.5. The first kappa shape index (κ1) is 19.2. The molecule has 5 heteroatoms. The van der Waals surface area contributed by atoms with Crippen molar-refractivity contribution in [2.24, 2.45) is 0 Å². The normalized spacial score (nSPS) is 21.5. The molecular weight excluding hydrogens is 395 g/mol. The number of carbonyl (C=O) groups excluding carboxylic acids is 2. The Labute approximate surface area is 178 Å². The van der Waals surface area contributed by atoms with Crippen LogP contribution in [0, 0.1) is 5.82 Å². The lowest BCUT2D eigenvalue weighted by Gasteiger charge is -2.31. The van der Waals surface area contributed by atoms with Crippen LogP contribution in [0.2, 0.25) is 0 Å². The lowest BCUT2D eigenvalue weighted by atomic mass is 9.67. The highest BCUT2D eigenvalue weighted by atomic mass is 19.1. The van der Waals surface area contributed by atoms with Gasteiger partial charge in [0.2, 0.25) is 0 Å². The molecule has 1 heterocycles. The van der Waals surface area contributed by atoms with Crippen LogP contribution in [0.15, 0.2) is 90.5 Å². The highest BCUT2D eigenvalue weighted by molar-refractivity contribution is 6.07. The predicted octanol–water partition coefficient (Wildman–Crippen LogP) is 4.84. The van der Waals surface area contributed by atoms with Crippen molar-refractivity contribution in [1.29, 1.82) is 0 Å². The average molecular weight is 414 g/mol. The van der Waals surface area contributed by atoms with Crippen LogP contribution in [0.1, 0.15) is 29.0 Å². The minimum atomic E-state index is -1.32. The van der Waals surface area contributed by atoms with Crippen LogP contribution in [0.4, 0.5) is 4.39 Å². The topological polar surface area (TPSA) is 52.6 Å². The maximum atomic E-state index is 13.5. The van der Waals surface area contributed by atoms with Crippen molar-refractivity contribution in [2.75, 3.05) is 0 Å². The van der Waals surface area contributed by atoms with Gasteiger partial charge < -0.3 is 9.47 Å². The second-order valence-electron chi connectivity index (χ2n) is 7.71. The summed E-state index contributed by atoms with van der Waals surface area (Å²) in [6.07, 6.45) is 2.19. The molecule has 0 amide bonds. The molecule has 154 valence electrons. The van der Waals surface area contributed by atoms with E-state index in [1.165, 1.54) is 12.1 Å². The minimum absolute atomic E-state index is 0.102. The zero-order valence-electron chi connectivity index (χ0n) is 16.6. The summed E-state index contributed by atoms with van der Waals surface area (Å²) in [5, 5.41) is 0. The number of para-hydroxylation sites is 1. The van der Waals surface area contributed by atoms with Crippen LogP contribution < -0.4 is 4.74 Å². The monoisotopic (exact) mass is 414 g/mol. The zero-order valence-corrected chi connectivity index (χ0v) is 16.6. The molecule has 1 spiro atoms. The Bertz CT molecular complexity index is 1180. The Kier molecular flexibility index (Phi) is 4.66. The maximum absolute atomic E-state index is 13.5. The number of carbonyl (C=O) groups is 2. The van der Waals surface area contributed by atoms with Crippen molar-refractivity contribution in [3.8, 4) is 5.75 Å². The number of rotatable bonds is 4. The minimum Gasteiger partial charge on any atom is -0.457 e. The molecule has 1 aliphatic heterocycles. The molecule has 3 aromatic rings. The number of benzene rings is 3. The van der Waals surface area contributed by atoms with Gasteiger partial charge in [-0.3, -0.25) is 4.79 Å². The Morgan fingerprint density at radius 1 is 1.00 bits per heavy atom.